The molecule has 1 atom stereocenters. The number of rotatable bonds is 5. The first-order valence-electron chi connectivity index (χ1n) is 9.30. The van der Waals surface area contributed by atoms with Crippen molar-refractivity contribution < 1.29 is 23.2 Å². The van der Waals surface area contributed by atoms with Crippen LogP contribution in [0.2, 0.25) is 0 Å². The average molecular weight is 419 g/mol. The Morgan fingerprint density at radius 1 is 1.20 bits per heavy atom. The second kappa shape index (κ2) is 7.73. The minimum atomic E-state index is -0.756. The third-order valence-corrected chi connectivity index (χ3v) is 5.45. The molecule has 0 fully saturated rings. The van der Waals surface area contributed by atoms with Gasteiger partial charge in [-0.3, -0.25) is 20.3 Å². The van der Waals surface area contributed by atoms with Crippen LogP contribution in [0.1, 0.15) is 35.6 Å². The number of nitrogens with zero attached hydrogens (tertiary/aromatic N) is 3. The Balaban J connectivity index is 1.75. The maximum Gasteiger partial charge on any atom is 0.316 e. The van der Waals surface area contributed by atoms with Crippen molar-refractivity contribution in [3.05, 3.63) is 50.8 Å². The molecule has 1 aliphatic carbocycles. The van der Waals surface area contributed by atoms with Gasteiger partial charge in [0.2, 0.25) is 0 Å². The Labute approximate surface area is 169 Å². The second-order valence-corrected chi connectivity index (χ2v) is 7.03. The van der Waals surface area contributed by atoms with E-state index in [0.29, 0.717) is 30.7 Å². The Morgan fingerprint density at radius 2 is 1.90 bits per heavy atom. The number of aromatic amines is 2. The summed E-state index contributed by atoms with van der Waals surface area (Å²) in [5, 5.41) is 24.7. The summed E-state index contributed by atoms with van der Waals surface area (Å²) in [6.45, 7) is 0. The molecule has 11 heteroatoms. The van der Waals surface area contributed by atoms with Crippen LogP contribution in [0.15, 0.2) is 12.3 Å². The molecule has 0 saturated heterocycles. The quantitative estimate of drug-likeness (QED) is 0.370. The van der Waals surface area contributed by atoms with Crippen molar-refractivity contribution in [2.45, 2.75) is 31.6 Å². The smallest absolute Gasteiger partial charge is 0.316 e. The summed E-state index contributed by atoms with van der Waals surface area (Å²) in [6, 6.07) is 1.18. The number of nitrogens with one attached hydrogen (secondary N) is 2. The number of H-pyrrole nitrogens is 2. The lowest BCUT2D eigenvalue weighted by molar-refractivity contribution is -0.384. The molecule has 0 amide bonds. The lowest BCUT2D eigenvalue weighted by Gasteiger charge is -2.19. The van der Waals surface area contributed by atoms with Gasteiger partial charge >= 0.3 is 5.69 Å². The summed E-state index contributed by atoms with van der Waals surface area (Å²) in [4.78, 5) is 10.7. The maximum atomic E-state index is 15.0. The fourth-order valence-electron chi connectivity index (χ4n) is 4.02. The van der Waals surface area contributed by atoms with Crippen LogP contribution < -0.4 is 9.47 Å². The minimum absolute atomic E-state index is 0.0916. The number of halogens is 2. The van der Waals surface area contributed by atoms with Crippen molar-refractivity contribution in [2.75, 3.05) is 14.2 Å². The highest BCUT2D eigenvalue weighted by atomic mass is 19.1. The zero-order valence-electron chi connectivity index (χ0n) is 16.3. The van der Waals surface area contributed by atoms with E-state index in [2.05, 4.69) is 20.4 Å². The summed E-state index contributed by atoms with van der Waals surface area (Å²) in [5.74, 6) is -2.18. The van der Waals surface area contributed by atoms with Crippen LogP contribution in [0.5, 0.6) is 11.5 Å². The predicted octanol–water partition coefficient (Wildman–Crippen LogP) is 3.67. The van der Waals surface area contributed by atoms with E-state index in [4.69, 9.17) is 9.47 Å². The molecule has 4 rings (SSSR count). The summed E-state index contributed by atoms with van der Waals surface area (Å²) in [6.07, 6.45) is 3.09. The molecule has 0 saturated carbocycles. The molecule has 2 heterocycles. The van der Waals surface area contributed by atoms with Crippen molar-refractivity contribution in [3.8, 4) is 22.9 Å². The van der Waals surface area contributed by atoms with E-state index in [1.165, 1.54) is 20.3 Å². The number of fused-ring (bicyclic) bond motifs is 1. The highest BCUT2D eigenvalue weighted by Crippen LogP contribution is 2.41. The van der Waals surface area contributed by atoms with Crippen molar-refractivity contribution >= 4 is 5.69 Å². The Kier molecular flexibility index (Phi) is 5.10. The minimum Gasteiger partial charge on any atom is -0.494 e. The van der Waals surface area contributed by atoms with Crippen molar-refractivity contribution in [1.82, 2.24) is 20.4 Å². The monoisotopic (exact) mass is 419 g/mol. The number of hydrogen-bond donors (Lipinski definition) is 2. The average Bonchev–Trinajstić information content (AvgIpc) is 3.30. The first-order chi connectivity index (χ1) is 14.5. The summed E-state index contributed by atoms with van der Waals surface area (Å²) in [5.41, 5.74) is 1.79. The Morgan fingerprint density at radius 3 is 2.53 bits per heavy atom. The SMILES string of the molecule is COc1cc(OC)c(F)c([C@H]2CCCc3c(-c4[nH]ncc4[N+](=O)[O-])n[nH]c3C2)c1F. The normalized spacial score (nSPS) is 16.1. The summed E-state index contributed by atoms with van der Waals surface area (Å²) in [7, 11) is 2.62. The predicted molar refractivity (Wildman–Crippen MR) is 102 cm³/mol. The fraction of sp³-hybridized carbons (Fsp3) is 0.368. The number of methoxy groups -OCH3 is 2. The summed E-state index contributed by atoms with van der Waals surface area (Å²) >= 11 is 0. The van der Waals surface area contributed by atoms with Gasteiger partial charge in [-0.15, -0.1) is 0 Å². The van der Waals surface area contributed by atoms with Gasteiger partial charge < -0.3 is 9.47 Å². The van der Waals surface area contributed by atoms with E-state index in [-0.39, 0.29) is 34.9 Å². The van der Waals surface area contributed by atoms with Gasteiger partial charge in [-0.05, 0) is 31.6 Å². The molecule has 158 valence electrons. The molecule has 0 bridgehead atoms. The van der Waals surface area contributed by atoms with Gasteiger partial charge in [0.25, 0.3) is 0 Å². The zero-order chi connectivity index (χ0) is 21.4. The van der Waals surface area contributed by atoms with Gasteiger partial charge in [0, 0.05) is 22.9 Å². The van der Waals surface area contributed by atoms with Gasteiger partial charge in [-0.25, -0.2) is 8.78 Å². The van der Waals surface area contributed by atoms with Crippen LogP contribution in [-0.2, 0) is 12.8 Å². The molecule has 0 aliphatic heterocycles. The zero-order valence-corrected chi connectivity index (χ0v) is 16.3. The third kappa shape index (κ3) is 3.15. The largest absolute Gasteiger partial charge is 0.494 e. The van der Waals surface area contributed by atoms with Gasteiger partial charge in [0.05, 0.1) is 19.1 Å². The van der Waals surface area contributed by atoms with Gasteiger partial charge in [-0.2, -0.15) is 10.2 Å². The lowest BCUT2D eigenvalue weighted by atomic mass is 9.90. The van der Waals surface area contributed by atoms with Crippen molar-refractivity contribution in [1.29, 1.82) is 0 Å². The Hall–Kier alpha value is -3.50. The molecule has 0 spiro atoms. The molecule has 0 unspecified atom stereocenters. The van der Waals surface area contributed by atoms with Crippen LogP contribution in [0.4, 0.5) is 14.5 Å². The standard InChI is InChI=1S/C19H19F2N5O4/c1-29-13-7-14(30-2)17(21)15(16(13)20)9-4-3-5-10-11(6-9)23-25-18(10)19-12(26(27)28)8-22-24-19/h7-9H,3-6H2,1-2H3,(H,22,24)(H,23,25)/t9-/m0/s1. The van der Waals surface area contributed by atoms with Crippen LogP contribution in [-0.4, -0.2) is 39.5 Å². The van der Waals surface area contributed by atoms with E-state index in [1.54, 1.807) is 0 Å². The number of nitro groups is 1. The van der Waals surface area contributed by atoms with E-state index < -0.39 is 22.5 Å². The fourth-order valence-corrected chi connectivity index (χ4v) is 4.02. The van der Waals surface area contributed by atoms with Crippen LogP contribution >= 0.6 is 0 Å². The van der Waals surface area contributed by atoms with Gasteiger partial charge in [0.1, 0.15) is 11.9 Å². The van der Waals surface area contributed by atoms with Crippen LogP contribution in [0.3, 0.4) is 0 Å². The van der Waals surface area contributed by atoms with Crippen molar-refractivity contribution in [3.63, 3.8) is 0 Å². The van der Waals surface area contributed by atoms with Crippen LogP contribution in [0.25, 0.3) is 11.4 Å². The number of hydrogen-bond acceptors (Lipinski definition) is 6. The highest BCUT2D eigenvalue weighted by molar-refractivity contribution is 5.69. The molecular weight excluding hydrogens is 400 g/mol. The molecule has 9 nitrogen and oxygen atoms in total. The number of aromatic nitrogens is 4. The summed E-state index contributed by atoms with van der Waals surface area (Å²) < 4.78 is 40.1. The molecule has 1 aliphatic rings. The van der Waals surface area contributed by atoms with E-state index in [9.17, 15) is 18.9 Å². The lowest BCUT2D eigenvalue weighted by Crippen LogP contribution is -2.10. The van der Waals surface area contributed by atoms with Gasteiger partial charge in [-0.1, -0.05) is 0 Å². The molecular formula is C19H19F2N5O4. The first-order valence-corrected chi connectivity index (χ1v) is 9.30. The first kappa shape index (κ1) is 19.8. The molecule has 3 aromatic rings. The molecule has 1 aromatic carbocycles. The molecule has 0 radical (unpaired) electrons. The number of benzene rings is 1. The number of ether oxygens (including phenoxy) is 2. The third-order valence-electron chi connectivity index (χ3n) is 5.45. The van der Waals surface area contributed by atoms with E-state index >= 15 is 0 Å². The molecule has 2 N–H and O–H groups in total. The molecule has 30 heavy (non-hydrogen) atoms. The maximum absolute atomic E-state index is 15.0. The topological polar surface area (TPSA) is 119 Å². The van der Waals surface area contributed by atoms with E-state index in [1.807, 2.05) is 0 Å². The second-order valence-electron chi connectivity index (χ2n) is 7.03. The van der Waals surface area contributed by atoms with Crippen LogP contribution in [0, 0.1) is 21.7 Å². The van der Waals surface area contributed by atoms with E-state index in [0.717, 1.165) is 11.8 Å². The molecule has 2 aromatic heterocycles. The highest BCUT2D eigenvalue weighted by Gasteiger charge is 2.32. The van der Waals surface area contributed by atoms with Crippen molar-refractivity contribution in [2.24, 2.45) is 0 Å². The van der Waals surface area contributed by atoms with Gasteiger partial charge in [0.15, 0.2) is 28.8 Å². The Bertz CT molecular complexity index is 1080.